The van der Waals surface area contributed by atoms with Crippen molar-refractivity contribution in [3.05, 3.63) is 64.2 Å². The first-order chi connectivity index (χ1) is 9.79. The van der Waals surface area contributed by atoms with Crippen LogP contribution in [0.15, 0.2) is 59.2 Å². The van der Waals surface area contributed by atoms with Crippen LogP contribution in [0.2, 0.25) is 0 Å². The Balaban J connectivity index is 1.78. The normalized spacial score (nSPS) is 11.4. The molecule has 0 atom stereocenters. The second-order valence-electron chi connectivity index (χ2n) is 4.72. The highest BCUT2D eigenvalue weighted by molar-refractivity contribution is 9.10. The molecule has 0 saturated heterocycles. The number of nitrogens with zero attached hydrogens (tertiary/aromatic N) is 2. The first-order valence-electron chi connectivity index (χ1n) is 6.38. The zero-order valence-electron chi connectivity index (χ0n) is 10.6. The van der Waals surface area contributed by atoms with Crippen LogP contribution in [0.25, 0.3) is 21.1 Å². The summed E-state index contributed by atoms with van der Waals surface area (Å²) < 4.78 is 4.60. The van der Waals surface area contributed by atoms with Gasteiger partial charge in [0.2, 0.25) is 0 Å². The number of hydrogen-bond donors (Lipinski definition) is 0. The van der Waals surface area contributed by atoms with Crippen LogP contribution in [0, 0.1) is 0 Å². The molecule has 4 heteroatoms. The van der Waals surface area contributed by atoms with Gasteiger partial charge in [0.1, 0.15) is 5.01 Å². The minimum Gasteiger partial charge on any atom is -0.341 e. The van der Waals surface area contributed by atoms with Gasteiger partial charge < -0.3 is 4.57 Å². The van der Waals surface area contributed by atoms with Crippen molar-refractivity contribution in [2.45, 2.75) is 6.54 Å². The van der Waals surface area contributed by atoms with E-state index < -0.39 is 0 Å². The van der Waals surface area contributed by atoms with Gasteiger partial charge in [-0.1, -0.05) is 34.1 Å². The molecule has 0 aliphatic carbocycles. The standard InChI is InChI=1S/C16H11BrN2S/c17-12-6-5-11-7-8-19(14(11)9-12)10-16-18-13-3-1-2-4-15(13)20-16/h1-9H,10H2. The number of halogens is 1. The predicted molar refractivity (Wildman–Crippen MR) is 88.4 cm³/mol. The summed E-state index contributed by atoms with van der Waals surface area (Å²) in [5.74, 6) is 0. The summed E-state index contributed by atoms with van der Waals surface area (Å²) in [5, 5.41) is 2.40. The average molecular weight is 343 g/mol. The topological polar surface area (TPSA) is 17.8 Å². The van der Waals surface area contributed by atoms with Crippen molar-refractivity contribution in [2.24, 2.45) is 0 Å². The van der Waals surface area contributed by atoms with Crippen LogP contribution in [0.3, 0.4) is 0 Å². The molecule has 2 aromatic carbocycles. The quantitative estimate of drug-likeness (QED) is 0.497. The monoisotopic (exact) mass is 342 g/mol. The summed E-state index contributed by atoms with van der Waals surface area (Å²) in [6.45, 7) is 0.819. The van der Waals surface area contributed by atoms with E-state index in [0.29, 0.717) is 0 Å². The first-order valence-corrected chi connectivity index (χ1v) is 7.99. The lowest BCUT2D eigenvalue weighted by atomic mass is 10.2. The third-order valence-electron chi connectivity index (χ3n) is 3.38. The van der Waals surface area contributed by atoms with E-state index in [1.54, 1.807) is 11.3 Å². The molecule has 0 fully saturated rings. The molecule has 2 heterocycles. The molecular weight excluding hydrogens is 332 g/mol. The fraction of sp³-hybridized carbons (Fsp3) is 0.0625. The summed E-state index contributed by atoms with van der Waals surface area (Å²) in [6.07, 6.45) is 2.13. The van der Waals surface area contributed by atoms with Crippen molar-refractivity contribution in [3.8, 4) is 0 Å². The molecule has 2 nitrogen and oxygen atoms in total. The number of benzene rings is 2. The Morgan fingerprint density at radius 2 is 2.00 bits per heavy atom. The highest BCUT2D eigenvalue weighted by atomic mass is 79.9. The number of thiazole rings is 1. The zero-order chi connectivity index (χ0) is 13.5. The van der Waals surface area contributed by atoms with Crippen LogP contribution in [-0.4, -0.2) is 9.55 Å². The maximum atomic E-state index is 4.70. The van der Waals surface area contributed by atoms with Gasteiger partial charge in [0, 0.05) is 16.2 Å². The molecular formula is C16H11BrN2S. The Labute approximate surface area is 128 Å². The van der Waals surface area contributed by atoms with Crippen LogP contribution >= 0.6 is 27.3 Å². The van der Waals surface area contributed by atoms with Gasteiger partial charge >= 0.3 is 0 Å². The third kappa shape index (κ3) is 2.05. The predicted octanol–water partition coefficient (Wildman–Crippen LogP) is 5.06. The average Bonchev–Trinajstić information content (AvgIpc) is 3.03. The molecule has 2 aromatic heterocycles. The van der Waals surface area contributed by atoms with Gasteiger partial charge in [0.15, 0.2) is 0 Å². The number of para-hydroxylation sites is 1. The van der Waals surface area contributed by atoms with Crippen LogP contribution in [0.5, 0.6) is 0 Å². The first kappa shape index (κ1) is 12.1. The van der Waals surface area contributed by atoms with E-state index >= 15 is 0 Å². The molecule has 0 radical (unpaired) electrons. The lowest BCUT2D eigenvalue weighted by Gasteiger charge is -2.02. The Bertz CT molecular complexity index is 874. The largest absolute Gasteiger partial charge is 0.341 e. The lowest BCUT2D eigenvalue weighted by Crippen LogP contribution is -1.96. The van der Waals surface area contributed by atoms with Gasteiger partial charge in [-0.05, 0) is 35.7 Å². The minimum absolute atomic E-state index is 0.819. The Morgan fingerprint density at radius 1 is 1.10 bits per heavy atom. The molecule has 0 saturated carbocycles. The Kier molecular flexibility index (Phi) is 2.86. The summed E-state index contributed by atoms with van der Waals surface area (Å²) >= 11 is 5.30. The second kappa shape index (κ2) is 4.72. The fourth-order valence-electron chi connectivity index (χ4n) is 2.43. The summed E-state index contributed by atoms with van der Waals surface area (Å²) in [4.78, 5) is 4.70. The van der Waals surface area contributed by atoms with Crippen LogP contribution in [-0.2, 0) is 6.54 Å². The molecule has 0 aliphatic heterocycles. The molecule has 4 rings (SSSR count). The van der Waals surface area contributed by atoms with Crippen molar-refractivity contribution in [1.29, 1.82) is 0 Å². The SMILES string of the molecule is Brc1ccc2ccn(Cc3nc4ccccc4s3)c2c1. The lowest BCUT2D eigenvalue weighted by molar-refractivity contribution is 0.830. The van der Waals surface area contributed by atoms with E-state index in [9.17, 15) is 0 Å². The molecule has 4 aromatic rings. The minimum atomic E-state index is 0.819. The van der Waals surface area contributed by atoms with Crippen LogP contribution in [0.1, 0.15) is 5.01 Å². The number of rotatable bonds is 2. The number of hydrogen-bond acceptors (Lipinski definition) is 2. The maximum Gasteiger partial charge on any atom is 0.114 e. The van der Waals surface area contributed by atoms with E-state index in [0.717, 1.165) is 21.5 Å². The third-order valence-corrected chi connectivity index (χ3v) is 4.89. The zero-order valence-corrected chi connectivity index (χ0v) is 13.0. The van der Waals surface area contributed by atoms with Gasteiger partial charge in [-0.25, -0.2) is 4.98 Å². The van der Waals surface area contributed by atoms with Crippen molar-refractivity contribution >= 4 is 48.4 Å². The summed E-state index contributed by atoms with van der Waals surface area (Å²) in [7, 11) is 0. The van der Waals surface area contributed by atoms with E-state index in [1.165, 1.54) is 15.6 Å². The summed E-state index contributed by atoms with van der Waals surface area (Å²) in [6, 6.07) is 16.8. The highest BCUT2D eigenvalue weighted by Crippen LogP contribution is 2.25. The van der Waals surface area contributed by atoms with E-state index in [4.69, 9.17) is 4.98 Å². The van der Waals surface area contributed by atoms with Gasteiger partial charge in [-0.15, -0.1) is 11.3 Å². The van der Waals surface area contributed by atoms with E-state index in [2.05, 4.69) is 69.2 Å². The molecule has 0 spiro atoms. The van der Waals surface area contributed by atoms with Crippen molar-refractivity contribution in [3.63, 3.8) is 0 Å². The van der Waals surface area contributed by atoms with Crippen molar-refractivity contribution < 1.29 is 0 Å². The van der Waals surface area contributed by atoms with Crippen LogP contribution in [0.4, 0.5) is 0 Å². The fourth-order valence-corrected chi connectivity index (χ4v) is 3.74. The molecule has 0 N–H and O–H groups in total. The van der Waals surface area contributed by atoms with E-state index in [-0.39, 0.29) is 0 Å². The molecule has 20 heavy (non-hydrogen) atoms. The number of aromatic nitrogens is 2. The smallest absolute Gasteiger partial charge is 0.114 e. The number of fused-ring (bicyclic) bond motifs is 2. The Morgan fingerprint density at radius 3 is 2.90 bits per heavy atom. The van der Waals surface area contributed by atoms with Gasteiger partial charge in [0.05, 0.1) is 16.8 Å². The van der Waals surface area contributed by atoms with Crippen molar-refractivity contribution in [1.82, 2.24) is 9.55 Å². The van der Waals surface area contributed by atoms with Crippen molar-refractivity contribution in [2.75, 3.05) is 0 Å². The molecule has 98 valence electrons. The van der Waals surface area contributed by atoms with Crippen LogP contribution < -0.4 is 0 Å². The van der Waals surface area contributed by atoms with Gasteiger partial charge in [-0.3, -0.25) is 0 Å². The van der Waals surface area contributed by atoms with Gasteiger partial charge in [0.25, 0.3) is 0 Å². The van der Waals surface area contributed by atoms with E-state index in [1.807, 2.05) is 6.07 Å². The second-order valence-corrected chi connectivity index (χ2v) is 6.75. The molecule has 0 bridgehead atoms. The van der Waals surface area contributed by atoms with Gasteiger partial charge in [-0.2, -0.15) is 0 Å². The molecule has 0 aliphatic rings. The molecule has 0 amide bonds. The maximum absolute atomic E-state index is 4.70. The molecule has 0 unspecified atom stereocenters. The summed E-state index contributed by atoms with van der Waals surface area (Å²) in [5.41, 5.74) is 2.32. The Hall–Kier alpha value is -1.65. The highest BCUT2D eigenvalue weighted by Gasteiger charge is 2.06.